The van der Waals surface area contributed by atoms with Crippen LogP contribution >= 0.6 is 34.5 Å². The smallest absolute Gasteiger partial charge is 0.327 e. The Balaban J connectivity index is 1.60. The molecule has 0 spiro atoms. The van der Waals surface area contributed by atoms with Crippen molar-refractivity contribution in [3.05, 3.63) is 116 Å². The molecule has 0 fully saturated rings. The fraction of sp³-hybridized carbons (Fsp3) is 0.185. The number of hydrogen-bond donors (Lipinski definition) is 0. The van der Waals surface area contributed by atoms with Crippen LogP contribution in [0.25, 0.3) is 11.0 Å². The van der Waals surface area contributed by atoms with E-state index in [-0.39, 0.29) is 11.7 Å². The molecule has 0 radical (unpaired) electrons. The summed E-state index contributed by atoms with van der Waals surface area (Å²) in [6.07, 6.45) is -3.20. The van der Waals surface area contributed by atoms with Crippen molar-refractivity contribution in [2.75, 3.05) is 0 Å². The average molecular weight is 546 g/mol. The number of imidazole rings is 1. The van der Waals surface area contributed by atoms with E-state index in [1.165, 1.54) is 11.3 Å². The molecule has 0 aliphatic rings. The summed E-state index contributed by atoms with van der Waals surface area (Å²) in [6.45, 7) is 0.342. The molecule has 0 saturated carbocycles. The first-order valence-corrected chi connectivity index (χ1v) is 12.9. The Bertz CT molecular complexity index is 1480. The number of rotatable bonds is 7. The molecule has 36 heavy (non-hydrogen) atoms. The Kier molecular flexibility index (Phi) is 7.06. The third-order valence-electron chi connectivity index (χ3n) is 5.96. The molecule has 0 aliphatic heterocycles. The van der Waals surface area contributed by atoms with Gasteiger partial charge in [-0.15, -0.1) is 11.3 Å². The van der Waals surface area contributed by atoms with Crippen molar-refractivity contribution in [1.82, 2.24) is 14.5 Å². The number of fused-ring (bicyclic) bond motifs is 1. The summed E-state index contributed by atoms with van der Waals surface area (Å²) in [4.78, 5) is 8.90. The molecular formula is C27H20Cl2F3N3S. The third kappa shape index (κ3) is 5.59. The minimum atomic E-state index is -4.37. The zero-order valence-corrected chi connectivity index (χ0v) is 21.2. The van der Waals surface area contributed by atoms with E-state index in [9.17, 15) is 13.2 Å². The van der Waals surface area contributed by atoms with Crippen LogP contribution in [-0.2, 0) is 19.4 Å². The number of aromatic nitrogens is 3. The van der Waals surface area contributed by atoms with Gasteiger partial charge in [0, 0.05) is 28.2 Å². The summed E-state index contributed by atoms with van der Waals surface area (Å²) in [6, 6.07) is 20.5. The average Bonchev–Trinajstić information content (AvgIpc) is 3.46. The maximum Gasteiger partial charge on any atom is 0.396 e. The summed E-state index contributed by atoms with van der Waals surface area (Å²) >= 11 is 13.8. The Hall–Kier alpha value is -2.87. The molecule has 0 aliphatic carbocycles. The van der Waals surface area contributed by atoms with E-state index in [0.717, 1.165) is 21.7 Å². The quantitative estimate of drug-likeness (QED) is 0.206. The van der Waals surface area contributed by atoms with Gasteiger partial charge in [0.15, 0.2) is 0 Å². The highest BCUT2D eigenvalue weighted by atomic mass is 35.5. The first-order valence-electron chi connectivity index (χ1n) is 11.2. The lowest BCUT2D eigenvalue weighted by Gasteiger charge is -2.17. The summed E-state index contributed by atoms with van der Waals surface area (Å²) < 4.78 is 41.9. The highest BCUT2D eigenvalue weighted by Gasteiger charge is 2.31. The normalized spacial score (nSPS) is 12.8. The minimum Gasteiger partial charge on any atom is -0.327 e. The summed E-state index contributed by atoms with van der Waals surface area (Å²) in [5.74, 6) is -0.192. The van der Waals surface area contributed by atoms with E-state index in [2.05, 4.69) is 9.97 Å². The number of alkyl halides is 3. The van der Waals surface area contributed by atoms with Crippen molar-refractivity contribution in [3.8, 4) is 0 Å². The molecule has 5 rings (SSSR count). The zero-order chi connectivity index (χ0) is 25.3. The number of thiazole rings is 1. The van der Waals surface area contributed by atoms with Gasteiger partial charge in [0.25, 0.3) is 0 Å². The van der Waals surface area contributed by atoms with Gasteiger partial charge in [-0.05, 0) is 59.5 Å². The molecule has 3 aromatic carbocycles. The highest BCUT2D eigenvalue weighted by molar-refractivity contribution is 7.09. The first kappa shape index (κ1) is 24.8. The molecule has 5 aromatic rings. The van der Waals surface area contributed by atoms with E-state index in [4.69, 9.17) is 23.2 Å². The van der Waals surface area contributed by atoms with Crippen LogP contribution in [0, 0.1) is 0 Å². The fourth-order valence-electron chi connectivity index (χ4n) is 4.38. The van der Waals surface area contributed by atoms with Crippen molar-refractivity contribution in [3.63, 3.8) is 0 Å². The molecule has 9 heteroatoms. The molecule has 2 heterocycles. The second-order valence-electron chi connectivity index (χ2n) is 8.45. The number of benzene rings is 3. The predicted molar refractivity (Wildman–Crippen MR) is 139 cm³/mol. The lowest BCUT2D eigenvalue weighted by Crippen LogP contribution is -2.17. The van der Waals surface area contributed by atoms with Crippen LogP contribution in [0.5, 0.6) is 0 Å². The maximum absolute atomic E-state index is 13.4. The van der Waals surface area contributed by atoms with Crippen LogP contribution in [0.1, 0.15) is 33.4 Å². The molecule has 184 valence electrons. The van der Waals surface area contributed by atoms with Crippen LogP contribution in [-0.4, -0.2) is 20.7 Å². The van der Waals surface area contributed by atoms with E-state index in [0.29, 0.717) is 34.0 Å². The molecule has 0 amide bonds. The van der Waals surface area contributed by atoms with Crippen molar-refractivity contribution >= 4 is 45.6 Å². The number of aryl methyl sites for hydroxylation is 2. The second-order valence-corrected chi connectivity index (χ2v) is 10.3. The number of nitrogens with zero attached hydrogens (tertiary/aromatic N) is 3. The van der Waals surface area contributed by atoms with Crippen LogP contribution in [0.4, 0.5) is 13.2 Å². The van der Waals surface area contributed by atoms with E-state index >= 15 is 0 Å². The first-order chi connectivity index (χ1) is 17.3. The van der Waals surface area contributed by atoms with Crippen molar-refractivity contribution < 1.29 is 13.2 Å². The van der Waals surface area contributed by atoms with Crippen molar-refractivity contribution in [2.24, 2.45) is 0 Å². The largest absolute Gasteiger partial charge is 0.396 e. The lowest BCUT2D eigenvalue weighted by molar-refractivity contribution is -0.128. The van der Waals surface area contributed by atoms with Gasteiger partial charge in [-0.25, -0.2) is 9.97 Å². The topological polar surface area (TPSA) is 30.7 Å². The molecule has 3 nitrogen and oxygen atoms in total. The van der Waals surface area contributed by atoms with Crippen molar-refractivity contribution in [1.29, 1.82) is 0 Å². The molecule has 0 bridgehead atoms. The Morgan fingerprint density at radius 2 is 1.69 bits per heavy atom. The number of hydrogen-bond acceptors (Lipinski definition) is 3. The van der Waals surface area contributed by atoms with Gasteiger partial charge in [-0.1, -0.05) is 53.5 Å². The van der Waals surface area contributed by atoms with Crippen LogP contribution in [0.3, 0.4) is 0 Å². The lowest BCUT2D eigenvalue weighted by atomic mass is 9.91. The van der Waals surface area contributed by atoms with E-state index in [1.807, 2.05) is 60.0 Å². The SMILES string of the molecule is FC(F)(F)Cc1nc2ccc(C(c3ccc(Cl)cc3)c3nccs3)cc2n1CCc1cccc(Cl)c1. The van der Waals surface area contributed by atoms with Gasteiger partial charge >= 0.3 is 6.18 Å². The number of halogens is 5. The molecule has 1 atom stereocenters. The van der Waals surface area contributed by atoms with Gasteiger partial charge in [-0.3, -0.25) is 0 Å². The summed E-state index contributed by atoms with van der Waals surface area (Å²) in [7, 11) is 0. The highest BCUT2D eigenvalue weighted by Crippen LogP contribution is 2.36. The maximum atomic E-state index is 13.4. The van der Waals surface area contributed by atoms with E-state index < -0.39 is 12.6 Å². The van der Waals surface area contributed by atoms with Gasteiger partial charge in [0.2, 0.25) is 0 Å². The van der Waals surface area contributed by atoms with Crippen LogP contribution in [0.15, 0.2) is 78.3 Å². The Morgan fingerprint density at radius 1 is 0.917 bits per heavy atom. The molecular weight excluding hydrogens is 526 g/mol. The Morgan fingerprint density at radius 3 is 2.39 bits per heavy atom. The monoisotopic (exact) mass is 545 g/mol. The second kappa shape index (κ2) is 10.2. The van der Waals surface area contributed by atoms with E-state index in [1.54, 1.807) is 22.9 Å². The predicted octanol–water partition coefficient (Wildman–Crippen LogP) is 8.33. The molecule has 0 saturated heterocycles. The molecule has 1 unspecified atom stereocenters. The van der Waals surface area contributed by atoms with Gasteiger partial charge in [-0.2, -0.15) is 13.2 Å². The molecule has 0 N–H and O–H groups in total. The van der Waals surface area contributed by atoms with Gasteiger partial charge in [0.1, 0.15) is 17.3 Å². The minimum absolute atomic E-state index is 0.00558. The van der Waals surface area contributed by atoms with Crippen molar-refractivity contribution in [2.45, 2.75) is 31.5 Å². The van der Waals surface area contributed by atoms with Gasteiger partial charge < -0.3 is 4.57 Å². The fourth-order valence-corrected chi connectivity index (χ4v) is 5.51. The third-order valence-corrected chi connectivity index (χ3v) is 7.29. The summed E-state index contributed by atoms with van der Waals surface area (Å²) in [5, 5.41) is 4.02. The zero-order valence-electron chi connectivity index (χ0n) is 18.8. The summed E-state index contributed by atoms with van der Waals surface area (Å²) in [5.41, 5.74) is 4.04. The van der Waals surface area contributed by atoms with Gasteiger partial charge in [0.05, 0.1) is 17.0 Å². The van der Waals surface area contributed by atoms with Crippen LogP contribution in [0.2, 0.25) is 10.0 Å². The Labute approximate surface area is 220 Å². The van der Waals surface area contributed by atoms with Crippen LogP contribution < -0.4 is 0 Å². The molecule has 2 aromatic heterocycles. The standard InChI is InChI=1S/C27H20Cl2F3N3S/c28-20-7-4-18(5-8-20)25(26-33-11-13-36-26)19-6-9-22-23(15-19)35(24(34-22)16-27(30,31)32)12-10-17-2-1-3-21(29)14-17/h1-9,11,13-15,25H,10,12,16H2.